The molecule has 0 radical (unpaired) electrons. The first-order valence-corrected chi connectivity index (χ1v) is 8.27. The van der Waals surface area contributed by atoms with E-state index in [-0.39, 0.29) is 48.1 Å². The molecule has 1 fully saturated rings. The summed E-state index contributed by atoms with van der Waals surface area (Å²) in [6, 6.07) is 0. The quantitative estimate of drug-likeness (QED) is 0.867. The molecule has 0 atom stereocenters. The highest BCUT2D eigenvalue weighted by Gasteiger charge is 2.36. The van der Waals surface area contributed by atoms with Gasteiger partial charge >= 0.3 is 0 Å². The number of amides is 2. The molecular formula is C17H20N2O5. The number of phenolic OH excluding ortho intramolecular Hbond substituents is 1. The van der Waals surface area contributed by atoms with Crippen molar-refractivity contribution in [3.05, 3.63) is 16.7 Å². The van der Waals surface area contributed by atoms with Crippen molar-refractivity contribution in [2.75, 3.05) is 20.4 Å². The van der Waals surface area contributed by atoms with Crippen molar-refractivity contribution < 1.29 is 24.2 Å². The number of fused-ring (bicyclic) bond motifs is 2. The number of carbonyl (C=O) groups is 2. The Hall–Kier alpha value is -2.44. The van der Waals surface area contributed by atoms with E-state index in [2.05, 4.69) is 5.32 Å². The summed E-state index contributed by atoms with van der Waals surface area (Å²) >= 11 is 0. The smallest absolute Gasteiger partial charge is 0.257 e. The van der Waals surface area contributed by atoms with E-state index in [1.807, 2.05) is 0 Å². The highest BCUT2D eigenvalue weighted by Crippen LogP contribution is 2.49. The highest BCUT2D eigenvalue weighted by molar-refractivity contribution is 6.01. The second-order valence-corrected chi connectivity index (χ2v) is 6.57. The molecule has 7 nitrogen and oxygen atoms in total. The van der Waals surface area contributed by atoms with Crippen LogP contribution in [0.1, 0.15) is 40.7 Å². The summed E-state index contributed by atoms with van der Waals surface area (Å²) in [6.07, 6.45) is 3.57. The van der Waals surface area contributed by atoms with Crippen LogP contribution in [0, 0.1) is 5.92 Å². The Bertz CT molecular complexity index is 726. The lowest BCUT2D eigenvalue weighted by Gasteiger charge is -2.29. The third-order valence-electron chi connectivity index (χ3n) is 5.18. The molecule has 0 saturated heterocycles. The first kappa shape index (κ1) is 15.1. The van der Waals surface area contributed by atoms with Gasteiger partial charge in [0.25, 0.3) is 5.91 Å². The number of phenols is 1. The number of hydrogen-bond acceptors (Lipinski definition) is 5. The maximum atomic E-state index is 12.5. The molecule has 4 rings (SSSR count). The lowest BCUT2D eigenvalue weighted by molar-refractivity contribution is -0.127. The lowest BCUT2D eigenvalue weighted by atomic mass is 9.84. The van der Waals surface area contributed by atoms with Gasteiger partial charge in [0, 0.05) is 31.6 Å². The Morgan fingerprint density at radius 2 is 2.08 bits per heavy atom. The minimum atomic E-state index is -0.237. The SMILES string of the molecule is CN1CCc2c(CNC(=O)C3CCC3)c3c(c(O)c2C1=O)OCO3. The molecular weight excluding hydrogens is 312 g/mol. The van der Waals surface area contributed by atoms with Crippen LogP contribution >= 0.6 is 0 Å². The van der Waals surface area contributed by atoms with Crippen molar-refractivity contribution in [3.63, 3.8) is 0 Å². The van der Waals surface area contributed by atoms with E-state index in [1.165, 1.54) is 0 Å². The Morgan fingerprint density at radius 1 is 1.33 bits per heavy atom. The lowest BCUT2D eigenvalue weighted by Crippen LogP contribution is -2.37. The summed E-state index contributed by atoms with van der Waals surface area (Å²) < 4.78 is 10.9. The van der Waals surface area contributed by atoms with Crippen LogP contribution in [0.15, 0.2) is 0 Å². The molecule has 0 unspecified atom stereocenters. The summed E-state index contributed by atoms with van der Waals surface area (Å²) in [5.74, 6) is 0.371. The molecule has 0 bridgehead atoms. The molecule has 0 aromatic heterocycles. The van der Waals surface area contributed by atoms with Crippen molar-refractivity contribution in [2.24, 2.45) is 5.92 Å². The van der Waals surface area contributed by atoms with Gasteiger partial charge in [0.15, 0.2) is 11.5 Å². The van der Waals surface area contributed by atoms with Crippen LogP contribution < -0.4 is 14.8 Å². The second kappa shape index (κ2) is 5.58. The molecule has 2 aliphatic heterocycles. The summed E-state index contributed by atoms with van der Waals surface area (Å²) in [4.78, 5) is 26.2. The zero-order valence-corrected chi connectivity index (χ0v) is 13.6. The molecule has 2 N–H and O–H groups in total. The molecule has 128 valence electrons. The minimum absolute atomic E-state index is 0.000607. The van der Waals surface area contributed by atoms with Gasteiger partial charge in [-0.25, -0.2) is 0 Å². The van der Waals surface area contributed by atoms with Crippen LogP contribution in [0.3, 0.4) is 0 Å². The zero-order chi connectivity index (χ0) is 16.8. The molecule has 1 aliphatic carbocycles. The van der Waals surface area contributed by atoms with Crippen LogP contribution in [-0.2, 0) is 17.8 Å². The predicted molar refractivity (Wildman–Crippen MR) is 84.1 cm³/mol. The molecule has 0 spiro atoms. The van der Waals surface area contributed by atoms with Gasteiger partial charge in [-0.15, -0.1) is 0 Å². The molecule has 2 amide bonds. The fourth-order valence-electron chi connectivity index (χ4n) is 3.48. The average molecular weight is 332 g/mol. The van der Waals surface area contributed by atoms with Gasteiger partial charge in [-0.3, -0.25) is 9.59 Å². The van der Waals surface area contributed by atoms with E-state index in [4.69, 9.17) is 9.47 Å². The van der Waals surface area contributed by atoms with Gasteiger partial charge in [0.2, 0.25) is 18.4 Å². The standard InChI is InChI=1S/C17H20N2O5/c1-19-6-5-10-11(7-18-16(21)9-3-2-4-9)14-15(24-8-23-14)13(20)12(10)17(19)22/h9,20H,2-8H2,1H3,(H,18,21). The normalized spacial score (nSPS) is 19.0. The number of nitrogens with one attached hydrogen (secondary N) is 1. The van der Waals surface area contributed by atoms with E-state index in [0.29, 0.717) is 18.7 Å². The summed E-state index contributed by atoms with van der Waals surface area (Å²) in [5, 5.41) is 13.4. The number of rotatable bonds is 3. The summed E-state index contributed by atoms with van der Waals surface area (Å²) in [5.41, 5.74) is 1.75. The first-order valence-electron chi connectivity index (χ1n) is 8.27. The third kappa shape index (κ3) is 2.18. The Labute approximate surface area is 139 Å². The Kier molecular flexibility index (Phi) is 3.51. The summed E-state index contributed by atoms with van der Waals surface area (Å²) in [6.45, 7) is 0.842. The number of likely N-dealkylation sites (N-methyl/N-ethyl adjacent to an activating group) is 1. The van der Waals surface area contributed by atoms with Crippen LogP contribution in [0.4, 0.5) is 0 Å². The first-order chi connectivity index (χ1) is 11.6. The summed E-state index contributed by atoms with van der Waals surface area (Å²) in [7, 11) is 1.70. The van der Waals surface area contributed by atoms with E-state index in [0.717, 1.165) is 30.4 Å². The fourth-order valence-corrected chi connectivity index (χ4v) is 3.48. The van der Waals surface area contributed by atoms with Crippen LogP contribution in [0.2, 0.25) is 0 Å². The predicted octanol–water partition coefficient (Wildman–Crippen LogP) is 1.17. The number of hydrogen-bond donors (Lipinski definition) is 2. The van der Waals surface area contributed by atoms with Crippen LogP contribution in [0.5, 0.6) is 17.2 Å². The van der Waals surface area contributed by atoms with Crippen molar-refractivity contribution in [2.45, 2.75) is 32.2 Å². The van der Waals surface area contributed by atoms with E-state index in [1.54, 1.807) is 11.9 Å². The molecule has 7 heteroatoms. The molecule has 1 aromatic rings. The Balaban J connectivity index is 1.71. The zero-order valence-electron chi connectivity index (χ0n) is 13.6. The van der Waals surface area contributed by atoms with E-state index < -0.39 is 0 Å². The number of ether oxygens (including phenoxy) is 2. The van der Waals surface area contributed by atoms with E-state index >= 15 is 0 Å². The largest absolute Gasteiger partial charge is 0.504 e. The third-order valence-corrected chi connectivity index (χ3v) is 5.18. The van der Waals surface area contributed by atoms with E-state index in [9.17, 15) is 14.7 Å². The fraction of sp³-hybridized carbons (Fsp3) is 0.529. The van der Waals surface area contributed by atoms with Crippen molar-refractivity contribution in [1.29, 1.82) is 0 Å². The van der Waals surface area contributed by atoms with Gasteiger partial charge < -0.3 is 24.8 Å². The van der Waals surface area contributed by atoms with Crippen molar-refractivity contribution >= 4 is 11.8 Å². The molecule has 1 saturated carbocycles. The number of benzene rings is 1. The molecule has 1 aromatic carbocycles. The average Bonchev–Trinajstić information content (AvgIpc) is 2.98. The number of aromatic hydroxyl groups is 1. The van der Waals surface area contributed by atoms with Gasteiger partial charge in [-0.2, -0.15) is 0 Å². The molecule has 24 heavy (non-hydrogen) atoms. The Morgan fingerprint density at radius 3 is 2.79 bits per heavy atom. The maximum Gasteiger partial charge on any atom is 0.257 e. The van der Waals surface area contributed by atoms with Crippen LogP contribution in [-0.4, -0.2) is 42.2 Å². The van der Waals surface area contributed by atoms with Crippen LogP contribution in [0.25, 0.3) is 0 Å². The highest BCUT2D eigenvalue weighted by atomic mass is 16.7. The molecule has 2 heterocycles. The second-order valence-electron chi connectivity index (χ2n) is 6.57. The monoisotopic (exact) mass is 332 g/mol. The topological polar surface area (TPSA) is 88.1 Å². The minimum Gasteiger partial charge on any atom is -0.504 e. The van der Waals surface area contributed by atoms with Gasteiger partial charge in [-0.1, -0.05) is 6.42 Å². The van der Waals surface area contributed by atoms with Gasteiger partial charge in [0.05, 0.1) is 5.56 Å². The van der Waals surface area contributed by atoms with Gasteiger partial charge in [-0.05, 0) is 24.8 Å². The van der Waals surface area contributed by atoms with Crippen molar-refractivity contribution in [3.8, 4) is 17.2 Å². The number of carbonyl (C=O) groups excluding carboxylic acids is 2. The molecule has 3 aliphatic rings. The maximum absolute atomic E-state index is 12.5. The number of nitrogens with zero attached hydrogens (tertiary/aromatic N) is 1. The van der Waals surface area contributed by atoms with Gasteiger partial charge in [0.1, 0.15) is 0 Å². The van der Waals surface area contributed by atoms with Crippen molar-refractivity contribution in [1.82, 2.24) is 10.2 Å².